The number of hydrogen-bond acceptors (Lipinski definition) is 5. The molecule has 0 radical (unpaired) electrons. The van der Waals surface area contributed by atoms with Gasteiger partial charge in [0.05, 0.1) is 6.10 Å². The quantitative estimate of drug-likeness (QED) is 0.518. The number of ketones is 1. The van der Waals surface area contributed by atoms with Crippen molar-refractivity contribution >= 4 is 18.0 Å². The first-order valence-corrected chi connectivity index (χ1v) is 14.8. The van der Waals surface area contributed by atoms with Crippen LogP contribution in [0.5, 0.6) is 0 Å². The Balaban J connectivity index is 1.50. The molecule has 0 aromatic heterocycles. The van der Waals surface area contributed by atoms with E-state index in [1.54, 1.807) is 0 Å². The molecule has 1 amide bonds. The van der Waals surface area contributed by atoms with E-state index < -0.39 is 11.5 Å². The molecule has 0 heterocycles. The molecule has 5 aliphatic rings. The van der Waals surface area contributed by atoms with E-state index in [1.807, 2.05) is 20.8 Å². The van der Waals surface area contributed by atoms with E-state index in [-0.39, 0.29) is 63.3 Å². The number of nitrogens with zero attached hydrogens (tertiary/aromatic N) is 1. The Labute approximate surface area is 223 Å². The fourth-order valence-electron chi connectivity index (χ4n) is 11.0. The zero-order valence-corrected chi connectivity index (χ0v) is 24.4. The third-order valence-corrected chi connectivity index (χ3v) is 13.6. The highest BCUT2D eigenvalue weighted by molar-refractivity contribution is 5.92. The van der Waals surface area contributed by atoms with Gasteiger partial charge in [-0.3, -0.25) is 9.59 Å². The number of Topliss-reactive ketones (excluding diaryl/α,β-unsaturated/α-hetero) is 1. The third-order valence-electron chi connectivity index (χ3n) is 13.6. The van der Waals surface area contributed by atoms with Crippen LogP contribution in [0.2, 0.25) is 0 Å². The van der Waals surface area contributed by atoms with Gasteiger partial charge in [0.15, 0.2) is 0 Å². The summed E-state index contributed by atoms with van der Waals surface area (Å²) in [4.78, 5) is 42.3. The van der Waals surface area contributed by atoms with Crippen LogP contribution < -0.4 is 5.32 Å². The topological polar surface area (TPSA) is 86.7 Å². The molecular weight excluding hydrogens is 464 g/mol. The second-order valence-corrected chi connectivity index (χ2v) is 14.8. The Morgan fingerprint density at radius 3 is 2.38 bits per heavy atom. The molecule has 2 spiro atoms. The number of hydrogen-bond donors (Lipinski definition) is 2. The maximum absolute atomic E-state index is 14.4. The zero-order valence-electron chi connectivity index (χ0n) is 24.4. The van der Waals surface area contributed by atoms with Crippen molar-refractivity contribution in [1.29, 1.82) is 0 Å². The highest BCUT2D eigenvalue weighted by Crippen LogP contribution is 2.87. The summed E-state index contributed by atoms with van der Waals surface area (Å²) >= 11 is 0. The number of carbonyl (C=O) groups is 3. The molecule has 6 nitrogen and oxygen atoms in total. The Morgan fingerprint density at radius 1 is 1.14 bits per heavy atom. The van der Waals surface area contributed by atoms with Gasteiger partial charge in [-0.05, 0) is 94.0 Å². The third kappa shape index (κ3) is 3.15. The molecular formula is C31H50N2O4. The van der Waals surface area contributed by atoms with Gasteiger partial charge < -0.3 is 20.1 Å². The molecule has 6 heteroatoms. The fourth-order valence-corrected chi connectivity index (χ4v) is 11.0. The number of amides is 1. The summed E-state index contributed by atoms with van der Waals surface area (Å²) in [6.07, 6.45) is 7.16. The highest BCUT2D eigenvalue weighted by atomic mass is 16.3. The molecule has 0 saturated heterocycles. The fraction of sp³-hybridized carbons (Fsp3) is 0.903. The minimum Gasteiger partial charge on any atom is -0.393 e. The van der Waals surface area contributed by atoms with E-state index in [4.69, 9.17) is 0 Å². The molecule has 37 heavy (non-hydrogen) atoms. The number of fused-ring (bicyclic) bond motifs is 2. The summed E-state index contributed by atoms with van der Waals surface area (Å²) in [5.41, 5.74) is -1.51. The molecule has 0 bridgehead atoms. The summed E-state index contributed by atoms with van der Waals surface area (Å²) in [6.45, 7) is 12.9. The van der Waals surface area contributed by atoms with Crippen LogP contribution in [0, 0.1) is 50.7 Å². The molecule has 12 atom stereocenters. The molecule has 0 aliphatic heterocycles. The molecule has 2 N–H and O–H groups in total. The number of carbonyl (C=O) groups excluding carboxylic acids is 3. The van der Waals surface area contributed by atoms with Crippen molar-refractivity contribution in [2.75, 3.05) is 14.1 Å². The van der Waals surface area contributed by atoms with E-state index in [0.29, 0.717) is 12.2 Å². The Bertz CT molecular complexity index is 998. The lowest BCUT2D eigenvalue weighted by Crippen LogP contribution is -2.63. The van der Waals surface area contributed by atoms with Crippen molar-refractivity contribution in [3.05, 3.63) is 0 Å². The Hall–Kier alpha value is -1.27. The smallest absolute Gasteiger partial charge is 0.223 e. The summed E-state index contributed by atoms with van der Waals surface area (Å²) in [5.74, 6) is 0.783. The first kappa shape index (κ1) is 27.3. The summed E-state index contributed by atoms with van der Waals surface area (Å²) < 4.78 is 0. The van der Waals surface area contributed by atoms with Gasteiger partial charge in [-0.2, -0.15) is 0 Å². The first-order valence-electron chi connectivity index (χ1n) is 14.8. The average molecular weight is 515 g/mol. The number of aldehydes is 1. The summed E-state index contributed by atoms with van der Waals surface area (Å²) in [7, 11) is 4.14. The first-order chi connectivity index (χ1) is 17.2. The number of nitrogens with one attached hydrogen (secondary N) is 1. The minimum atomic E-state index is -0.658. The van der Waals surface area contributed by atoms with E-state index in [1.165, 1.54) is 0 Å². The maximum atomic E-state index is 14.4. The largest absolute Gasteiger partial charge is 0.393 e. The van der Waals surface area contributed by atoms with Crippen LogP contribution in [0.4, 0.5) is 0 Å². The Kier molecular flexibility index (Phi) is 6.17. The van der Waals surface area contributed by atoms with E-state index in [9.17, 15) is 19.5 Å². The predicted octanol–water partition coefficient (Wildman–Crippen LogP) is 4.24. The van der Waals surface area contributed by atoms with E-state index >= 15 is 0 Å². The molecule has 5 saturated carbocycles. The van der Waals surface area contributed by atoms with Crippen molar-refractivity contribution in [2.24, 2.45) is 50.7 Å². The summed E-state index contributed by atoms with van der Waals surface area (Å²) in [5, 5.41) is 14.7. The van der Waals surface area contributed by atoms with Crippen molar-refractivity contribution in [2.45, 2.75) is 111 Å². The van der Waals surface area contributed by atoms with Gasteiger partial charge in [-0.25, -0.2) is 0 Å². The SMILES string of the molecule is CC[C@H](C)C(=O)N[C@H]1CCC23C[C@]24C(=O)C[C@]2(C)[C@@H]([C@H](C)N(C)C)[C@H](O)C[C@@]2(C)[C@@H]4CC[C@H]3[C@]1(C)C=O. The van der Waals surface area contributed by atoms with Gasteiger partial charge in [-0.15, -0.1) is 0 Å². The standard InChI is InChI=1S/C31H50N2O4/c1-9-18(2)26(37)32-23-12-13-30-16-31(30)22(11-10-21(30)27(23,4)17-34)28(5)14-20(35)25(19(3)33(7)8)29(28,6)15-24(31)36/h17-23,25,35H,9-16H2,1-8H3,(H,32,37)/t18-,19-,20+,21-,22-,23-,25-,27-,28-,29+,30?,31-/m0/s1. The molecule has 1 unspecified atom stereocenters. The molecule has 208 valence electrons. The lowest BCUT2D eigenvalue weighted by molar-refractivity contribution is -0.171. The zero-order chi connectivity index (χ0) is 27.3. The van der Waals surface area contributed by atoms with Gasteiger partial charge in [0.2, 0.25) is 5.91 Å². The molecule has 0 aromatic carbocycles. The highest BCUT2D eigenvalue weighted by Gasteiger charge is 2.86. The van der Waals surface area contributed by atoms with Crippen LogP contribution in [0.25, 0.3) is 0 Å². The van der Waals surface area contributed by atoms with E-state index in [2.05, 4.69) is 45.1 Å². The maximum Gasteiger partial charge on any atom is 0.223 e. The van der Waals surface area contributed by atoms with Crippen LogP contribution >= 0.6 is 0 Å². The van der Waals surface area contributed by atoms with E-state index in [0.717, 1.165) is 51.2 Å². The van der Waals surface area contributed by atoms with Gasteiger partial charge in [0.25, 0.3) is 0 Å². The normalized spacial score (nSPS) is 51.8. The monoisotopic (exact) mass is 514 g/mol. The van der Waals surface area contributed by atoms with Crippen molar-refractivity contribution < 1.29 is 19.5 Å². The van der Waals surface area contributed by atoms with Crippen LogP contribution in [0.3, 0.4) is 0 Å². The molecule has 5 aliphatic carbocycles. The number of rotatable bonds is 6. The summed E-state index contributed by atoms with van der Waals surface area (Å²) in [6, 6.07) is 0.0191. The van der Waals surface area contributed by atoms with Gasteiger partial charge >= 0.3 is 0 Å². The van der Waals surface area contributed by atoms with Gasteiger partial charge in [0, 0.05) is 41.2 Å². The van der Waals surface area contributed by atoms with Crippen molar-refractivity contribution in [3.8, 4) is 0 Å². The van der Waals surface area contributed by atoms with Gasteiger partial charge in [0.1, 0.15) is 12.1 Å². The van der Waals surface area contributed by atoms with Crippen LogP contribution in [-0.4, -0.2) is 60.3 Å². The predicted molar refractivity (Wildman–Crippen MR) is 144 cm³/mol. The van der Waals surface area contributed by atoms with Crippen LogP contribution in [-0.2, 0) is 14.4 Å². The lowest BCUT2D eigenvalue weighted by Gasteiger charge is -2.62. The van der Waals surface area contributed by atoms with Gasteiger partial charge in [-0.1, -0.05) is 34.6 Å². The van der Waals surface area contributed by atoms with Crippen molar-refractivity contribution in [3.63, 3.8) is 0 Å². The lowest BCUT2D eigenvalue weighted by atomic mass is 9.41. The Morgan fingerprint density at radius 2 is 1.78 bits per heavy atom. The number of aliphatic hydroxyl groups excluding tert-OH is 1. The second kappa shape index (κ2) is 8.36. The molecule has 5 fully saturated rings. The van der Waals surface area contributed by atoms with Crippen molar-refractivity contribution in [1.82, 2.24) is 10.2 Å². The van der Waals surface area contributed by atoms with Crippen LogP contribution in [0.1, 0.15) is 92.9 Å². The average Bonchev–Trinajstić information content (AvgIpc) is 3.48. The number of aliphatic hydroxyl groups is 1. The second-order valence-electron chi connectivity index (χ2n) is 14.8. The molecule has 5 rings (SSSR count). The minimum absolute atomic E-state index is 0.0359. The molecule has 0 aromatic rings. The van der Waals surface area contributed by atoms with Crippen LogP contribution in [0.15, 0.2) is 0 Å².